The first-order valence-electron chi connectivity index (χ1n) is 7.41. The molecule has 0 saturated heterocycles. The molecular formula is C18H20N2O3. The Kier molecular flexibility index (Phi) is 6.17. The fraction of sp³-hybridized carbons (Fsp3) is 0.222. The highest BCUT2D eigenvalue weighted by molar-refractivity contribution is 5.89. The summed E-state index contributed by atoms with van der Waals surface area (Å²) in [6.07, 6.45) is 0.158. The van der Waals surface area contributed by atoms with E-state index in [0.717, 1.165) is 5.56 Å². The number of methoxy groups -OCH3 is 1. The molecule has 0 bridgehead atoms. The predicted octanol–water partition coefficient (Wildman–Crippen LogP) is 3.28. The second-order valence-electron chi connectivity index (χ2n) is 5.03. The summed E-state index contributed by atoms with van der Waals surface area (Å²) in [6, 6.07) is 18.6. The summed E-state index contributed by atoms with van der Waals surface area (Å²) in [4.78, 5) is 25.4. The first-order chi connectivity index (χ1) is 11.2. The van der Waals surface area contributed by atoms with Gasteiger partial charge in [-0.15, -0.1) is 0 Å². The zero-order chi connectivity index (χ0) is 16.5. The SMILES string of the molecule is COC(=O)CCN(Cc1ccccc1)C(=O)Nc1ccccc1. The van der Waals surface area contributed by atoms with Crippen molar-refractivity contribution in [1.29, 1.82) is 0 Å². The average molecular weight is 312 g/mol. The Labute approximate surface area is 135 Å². The molecule has 120 valence electrons. The summed E-state index contributed by atoms with van der Waals surface area (Å²) >= 11 is 0. The van der Waals surface area contributed by atoms with Crippen LogP contribution < -0.4 is 5.32 Å². The van der Waals surface area contributed by atoms with E-state index < -0.39 is 0 Å². The molecule has 0 aliphatic carbocycles. The molecule has 0 aromatic heterocycles. The number of carbonyl (C=O) groups excluding carboxylic acids is 2. The number of hydrogen-bond acceptors (Lipinski definition) is 3. The molecule has 23 heavy (non-hydrogen) atoms. The zero-order valence-corrected chi connectivity index (χ0v) is 13.1. The fourth-order valence-corrected chi connectivity index (χ4v) is 2.11. The summed E-state index contributed by atoms with van der Waals surface area (Å²) in [6.45, 7) is 0.719. The molecule has 2 aromatic carbocycles. The first-order valence-corrected chi connectivity index (χ1v) is 7.41. The van der Waals surface area contributed by atoms with E-state index in [4.69, 9.17) is 0 Å². The van der Waals surface area contributed by atoms with Gasteiger partial charge in [-0.05, 0) is 17.7 Å². The molecule has 5 nitrogen and oxygen atoms in total. The summed E-state index contributed by atoms with van der Waals surface area (Å²) in [5.41, 5.74) is 1.72. The molecule has 2 rings (SSSR count). The van der Waals surface area contributed by atoms with Gasteiger partial charge in [-0.2, -0.15) is 0 Å². The smallest absolute Gasteiger partial charge is 0.322 e. The number of esters is 1. The molecular weight excluding hydrogens is 292 g/mol. The molecule has 0 saturated carbocycles. The largest absolute Gasteiger partial charge is 0.469 e. The van der Waals surface area contributed by atoms with Crippen LogP contribution in [0.4, 0.5) is 10.5 Å². The molecule has 0 aliphatic heterocycles. The number of nitrogens with zero attached hydrogens (tertiary/aromatic N) is 1. The maximum absolute atomic E-state index is 12.5. The Morgan fingerprint density at radius 1 is 1.00 bits per heavy atom. The Balaban J connectivity index is 2.05. The summed E-state index contributed by atoms with van der Waals surface area (Å²) in [5, 5.41) is 2.84. The Hall–Kier alpha value is -2.82. The van der Waals surface area contributed by atoms with Crippen molar-refractivity contribution in [2.75, 3.05) is 19.0 Å². The number of amides is 2. The van der Waals surface area contributed by atoms with E-state index in [-0.39, 0.29) is 18.4 Å². The standard InChI is InChI=1S/C18H20N2O3/c1-23-17(21)12-13-20(14-15-8-4-2-5-9-15)18(22)19-16-10-6-3-7-11-16/h2-11H,12-14H2,1H3,(H,19,22). The number of ether oxygens (including phenoxy) is 1. The van der Waals surface area contributed by atoms with Gasteiger partial charge in [0.15, 0.2) is 0 Å². The van der Waals surface area contributed by atoms with Crippen LogP contribution in [-0.4, -0.2) is 30.6 Å². The van der Waals surface area contributed by atoms with E-state index in [1.807, 2.05) is 60.7 Å². The molecule has 0 atom stereocenters. The van der Waals surface area contributed by atoms with Gasteiger partial charge in [0, 0.05) is 18.8 Å². The van der Waals surface area contributed by atoms with Crippen molar-refractivity contribution < 1.29 is 14.3 Å². The lowest BCUT2D eigenvalue weighted by Crippen LogP contribution is -2.36. The van der Waals surface area contributed by atoms with Crippen LogP contribution in [0.1, 0.15) is 12.0 Å². The number of anilines is 1. The topological polar surface area (TPSA) is 58.6 Å². The Morgan fingerprint density at radius 2 is 1.61 bits per heavy atom. The number of rotatable bonds is 6. The van der Waals surface area contributed by atoms with Crippen molar-refractivity contribution >= 4 is 17.7 Å². The Bertz CT molecular complexity index is 629. The molecule has 2 aromatic rings. The lowest BCUT2D eigenvalue weighted by atomic mass is 10.2. The van der Waals surface area contributed by atoms with E-state index in [0.29, 0.717) is 18.8 Å². The maximum Gasteiger partial charge on any atom is 0.322 e. The van der Waals surface area contributed by atoms with Gasteiger partial charge >= 0.3 is 12.0 Å². The van der Waals surface area contributed by atoms with Crippen molar-refractivity contribution in [3.05, 3.63) is 66.2 Å². The number of hydrogen-bond donors (Lipinski definition) is 1. The number of urea groups is 1. The minimum absolute atomic E-state index is 0.158. The first kappa shape index (κ1) is 16.5. The molecule has 0 spiro atoms. The van der Waals surface area contributed by atoms with E-state index in [9.17, 15) is 9.59 Å². The lowest BCUT2D eigenvalue weighted by Gasteiger charge is -2.23. The molecule has 1 N–H and O–H groups in total. The molecule has 5 heteroatoms. The van der Waals surface area contributed by atoms with Crippen LogP contribution in [-0.2, 0) is 16.1 Å². The van der Waals surface area contributed by atoms with Gasteiger partial charge in [-0.3, -0.25) is 4.79 Å². The minimum Gasteiger partial charge on any atom is -0.469 e. The van der Waals surface area contributed by atoms with Crippen LogP contribution >= 0.6 is 0 Å². The quantitative estimate of drug-likeness (QED) is 0.833. The molecule has 2 amide bonds. The van der Waals surface area contributed by atoms with Gasteiger partial charge in [0.2, 0.25) is 0 Å². The van der Waals surface area contributed by atoms with Crippen LogP contribution in [0.3, 0.4) is 0 Å². The number of benzene rings is 2. The second-order valence-corrected chi connectivity index (χ2v) is 5.03. The van der Waals surface area contributed by atoms with Gasteiger partial charge < -0.3 is 15.0 Å². The van der Waals surface area contributed by atoms with Gasteiger partial charge in [-0.1, -0.05) is 48.5 Å². The third-order valence-electron chi connectivity index (χ3n) is 3.34. The van der Waals surface area contributed by atoms with Gasteiger partial charge in [-0.25, -0.2) is 4.79 Å². The highest BCUT2D eigenvalue weighted by atomic mass is 16.5. The summed E-state index contributed by atoms with van der Waals surface area (Å²) in [5.74, 6) is -0.337. The minimum atomic E-state index is -0.337. The third kappa shape index (κ3) is 5.47. The summed E-state index contributed by atoms with van der Waals surface area (Å²) in [7, 11) is 1.34. The van der Waals surface area contributed by atoms with Gasteiger partial charge in [0.05, 0.1) is 13.5 Å². The van der Waals surface area contributed by atoms with Gasteiger partial charge in [0.25, 0.3) is 0 Å². The van der Waals surface area contributed by atoms with Crippen molar-refractivity contribution in [3.8, 4) is 0 Å². The van der Waals surface area contributed by atoms with E-state index in [1.54, 1.807) is 4.90 Å². The van der Waals surface area contributed by atoms with Crippen molar-refractivity contribution in [2.24, 2.45) is 0 Å². The number of nitrogens with one attached hydrogen (secondary N) is 1. The predicted molar refractivity (Wildman–Crippen MR) is 88.9 cm³/mol. The van der Waals surface area contributed by atoms with Gasteiger partial charge in [0.1, 0.15) is 0 Å². The maximum atomic E-state index is 12.5. The zero-order valence-electron chi connectivity index (χ0n) is 13.1. The molecule has 0 unspecified atom stereocenters. The van der Waals surface area contributed by atoms with Crippen molar-refractivity contribution in [3.63, 3.8) is 0 Å². The second kappa shape index (κ2) is 8.58. The monoisotopic (exact) mass is 312 g/mol. The highest BCUT2D eigenvalue weighted by Gasteiger charge is 2.16. The number of para-hydroxylation sites is 1. The van der Waals surface area contributed by atoms with E-state index in [2.05, 4.69) is 10.1 Å². The van der Waals surface area contributed by atoms with Crippen LogP contribution in [0.5, 0.6) is 0 Å². The normalized spacial score (nSPS) is 9.96. The number of carbonyl (C=O) groups is 2. The van der Waals surface area contributed by atoms with Crippen LogP contribution in [0.15, 0.2) is 60.7 Å². The van der Waals surface area contributed by atoms with E-state index in [1.165, 1.54) is 7.11 Å². The molecule has 0 heterocycles. The Morgan fingerprint density at radius 3 is 2.22 bits per heavy atom. The lowest BCUT2D eigenvalue weighted by molar-refractivity contribution is -0.140. The van der Waals surface area contributed by atoms with Crippen LogP contribution in [0.25, 0.3) is 0 Å². The van der Waals surface area contributed by atoms with Crippen molar-refractivity contribution in [1.82, 2.24) is 4.90 Å². The van der Waals surface area contributed by atoms with Crippen LogP contribution in [0.2, 0.25) is 0 Å². The average Bonchev–Trinajstić information content (AvgIpc) is 2.60. The molecule has 0 aliphatic rings. The third-order valence-corrected chi connectivity index (χ3v) is 3.34. The molecule has 0 fully saturated rings. The fourth-order valence-electron chi connectivity index (χ4n) is 2.11. The van der Waals surface area contributed by atoms with Crippen molar-refractivity contribution in [2.45, 2.75) is 13.0 Å². The molecule has 0 radical (unpaired) electrons. The highest BCUT2D eigenvalue weighted by Crippen LogP contribution is 2.10. The summed E-state index contributed by atoms with van der Waals surface area (Å²) < 4.78 is 4.65. The van der Waals surface area contributed by atoms with Crippen LogP contribution in [0, 0.1) is 0 Å². The van der Waals surface area contributed by atoms with E-state index >= 15 is 0 Å².